The molecular weight excluding hydrogens is 508 g/mol. The summed E-state index contributed by atoms with van der Waals surface area (Å²) in [5, 5.41) is 2.77. The van der Waals surface area contributed by atoms with Crippen LogP contribution in [0, 0.1) is 6.92 Å². The van der Waals surface area contributed by atoms with Crippen molar-refractivity contribution in [3.05, 3.63) is 101 Å². The molecule has 188 valence electrons. The van der Waals surface area contributed by atoms with E-state index in [-0.39, 0.29) is 21.1 Å². The highest BCUT2D eigenvalue weighted by Gasteiger charge is 2.29. The van der Waals surface area contributed by atoms with Gasteiger partial charge in [-0.2, -0.15) is 0 Å². The molecule has 0 unspecified atom stereocenters. The van der Waals surface area contributed by atoms with Gasteiger partial charge in [-0.1, -0.05) is 60.7 Å². The Morgan fingerprint density at radius 3 is 2.16 bits per heavy atom. The van der Waals surface area contributed by atoms with Crippen LogP contribution in [0.15, 0.2) is 88.7 Å². The van der Waals surface area contributed by atoms with Crippen LogP contribution in [0.5, 0.6) is 0 Å². The number of carbonyl (C=O) groups excluding carboxylic acids is 1. The van der Waals surface area contributed by atoms with Gasteiger partial charge < -0.3 is 10.3 Å². The number of H-pyrrole nitrogens is 1. The monoisotopic (exact) mass is 532 g/mol. The first-order valence-corrected chi connectivity index (χ1v) is 15.0. The van der Waals surface area contributed by atoms with Gasteiger partial charge in [-0.15, -0.1) is 0 Å². The topological polar surface area (TPSA) is 113 Å². The molecule has 1 aliphatic rings. The molecule has 1 aromatic heterocycles. The normalized spacial score (nSPS) is 14.5. The van der Waals surface area contributed by atoms with E-state index in [1.165, 1.54) is 12.1 Å². The van der Waals surface area contributed by atoms with Gasteiger partial charge in [0, 0.05) is 34.5 Å². The number of aromatic amines is 1. The van der Waals surface area contributed by atoms with E-state index in [0.717, 1.165) is 6.26 Å². The third-order valence-corrected chi connectivity index (χ3v) is 9.15. The van der Waals surface area contributed by atoms with Gasteiger partial charge in [0.1, 0.15) is 0 Å². The average molecular weight is 533 g/mol. The minimum atomic E-state index is -3.68. The number of fused-ring (bicyclic) bond motifs is 1. The van der Waals surface area contributed by atoms with Gasteiger partial charge in [-0.3, -0.25) is 4.79 Å². The predicted molar refractivity (Wildman–Crippen MR) is 144 cm³/mol. The molecule has 2 N–H and O–H groups in total. The Bertz CT molecular complexity index is 1770. The van der Waals surface area contributed by atoms with Crippen molar-refractivity contribution in [1.29, 1.82) is 0 Å². The third kappa shape index (κ3) is 4.75. The van der Waals surface area contributed by atoms with E-state index in [0.29, 0.717) is 39.3 Å². The fourth-order valence-corrected chi connectivity index (χ4v) is 7.20. The SMILES string of the molecule is Cc1[nH]c(C=C2C(=O)Nc3ccc(S(=O)(=O)Cc4ccccc4)cc32)c(-c2ccccc2)c1S(C)(=O)=O. The number of sulfone groups is 2. The third-order valence-electron chi connectivity index (χ3n) is 6.21. The lowest BCUT2D eigenvalue weighted by Crippen LogP contribution is -2.05. The maximum Gasteiger partial charge on any atom is 0.256 e. The van der Waals surface area contributed by atoms with Gasteiger partial charge in [0.15, 0.2) is 19.7 Å². The van der Waals surface area contributed by atoms with Gasteiger partial charge in [-0.25, -0.2) is 16.8 Å². The molecule has 1 amide bonds. The molecule has 0 aliphatic carbocycles. The van der Waals surface area contributed by atoms with Crippen LogP contribution in [-0.2, 0) is 30.2 Å². The van der Waals surface area contributed by atoms with Crippen molar-refractivity contribution >= 4 is 42.9 Å². The molecule has 0 saturated carbocycles. The highest BCUT2D eigenvalue weighted by atomic mass is 32.2. The average Bonchev–Trinajstić information content (AvgIpc) is 3.35. The van der Waals surface area contributed by atoms with Crippen LogP contribution in [0.2, 0.25) is 0 Å². The summed E-state index contributed by atoms with van der Waals surface area (Å²) in [4.78, 5) is 16.3. The summed E-state index contributed by atoms with van der Waals surface area (Å²) in [7, 11) is -7.27. The second-order valence-electron chi connectivity index (χ2n) is 8.97. The Hall–Kier alpha value is -3.95. The molecule has 9 heteroatoms. The summed E-state index contributed by atoms with van der Waals surface area (Å²) in [6.07, 6.45) is 2.73. The zero-order chi connectivity index (χ0) is 26.4. The highest BCUT2D eigenvalue weighted by molar-refractivity contribution is 7.91. The summed E-state index contributed by atoms with van der Waals surface area (Å²) < 4.78 is 51.7. The number of benzene rings is 3. The fourth-order valence-electron chi connectivity index (χ4n) is 4.62. The first-order chi connectivity index (χ1) is 17.5. The summed E-state index contributed by atoms with van der Waals surface area (Å²) in [6.45, 7) is 1.67. The predicted octanol–water partition coefficient (Wildman–Crippen LogP) is 4.86. The number of rotatable bonds is 6. The molecule has 5 rings (SSSR count). The van der Waals surface area contributed by atoms with E-state index < -0.39 is 25.6 Å². The van der Waals surface area contributed by atoms with E-state index in [1.807, 2.05) is 24.3 Å². The summed E-state index contributed by atoms with van der Waals surface area (Å²) >= 11 is 0. The van der Waals surface area contributed by atoms with Crippen LogP contribution in [0.4, 0.5) is 5.69 Å². The number of aromatic nitrogens is 1. The number of amides is 1. The number of carbonyl (C=O) groups is 1. The van der Waals surface area contributed by atoms with Crippen LogP contribution in [0.1, 0.15) is 22.5 Å². The Kier molecular flexibility index (Phi) is 6.13. The molecule has 0 atom stereocenters. The molecule has 0 fully saturated rings. The van der Waals surface area contributed by atoms with Crippen LogP contribution < -0.4 is 5.32 Å². The fraction of sp³-hybridized carbons (Fsp3) is 0.107. The zero-order valence-electron chi connectivity index (χ0n) is 20.1. The quantitative estimate of drug-likeness (QED) is 0.344. The van der Waals surface area contributed by atoms with E-state index >= 15 is 0 Å². The van der Waals surface area contributed by atoms with E-state index in [2.05, 4.69) is 10.3 Å². The zero-order valence-corrected chi connectivity index (χ0v) is 21.8. The number of hydrogen-bond donors (Lipinski definition) is 2. The smallest absolute Gasteiger partial charge is 0.256 e. The summed E-state index contributed by atoms with van der Waals surface area (Å²) in [5.41, 5.74) is 3.86. The van der Waals surface area contributed by atoms with Crippen molar-refractivity contribution in [3.63, 3.8) is 0 Å². The number of aryl methyl sites for hydroxylation is 1. The first kappa shape index (κ1) is 24.7. The van der Waals surface area contributed by atoms with Crippen molar-refractivity contribution in [3.8, 4) is 11.1 Å². The second-order valence-corrected chi connectivity index (χ2v) is 12.9. The van der Waals surface area contributed by atoms with Crippen LogP contribution in [0.3, 0.4) is 0 Å². The lowest BCUT2D eigenvalue weighted by Gasteiger charge is -2.08. The van der Waals surface area contributed by atoms with Crippen LogP contribution >= 0.6 is 0 Å². The van der Waals surface area contributed by atoms with Gasteiger partial charge in [0.05, 0.1) is 21.1 Å². The van der Waals surface area contributed by atoms with Gasteiger partial charge in [-0.05, 0) is 42.3 Å². The van der Waals surface area contributed by atoms with E-state index in [9.17, 15) is 21.6 Å². The van der Waals surface area contributed by atoms with Gasteiger partial charge >= 0.3 is 0 Å². The Morgan fingerprint density at radius 1 is 0.865 bits per heavy atom. The van der Waals surface area contributed by atoms with Crippen LogP contribution in [0.25, 0.3) is 22.8 Å². The Labute approximate surface area is 215 Å². The van der Waals surface area contributed by atoms with Crippen molar-refractivity contribution in [2.24, 2.45) is 0 Å². The lowest BCUT2D eigenvalue weighted by atomic mass is 10.0. The molecule has 3 aromatic carbocycles. The molecule has 37 heavy (non-hydrogen) atoms. The lowest BCUT2D eigenvalue weighted by molar-refractivity contribution is -0.110. The van der Waals surface area contributed by atoms with Crippen molar-refractivity contribution < 1.29 is 21.6 Å². The highest BCUT2D eigenvalue weighted by Crippen LogP contribution is 2.39. The molecule has 0 spiro atoms. The molecule has 4 aromatic rings. The molecule has 7 nitrogen and oxygen atoms in total. The molecular formula is C28H24N2O5S2. The number of nitrogens with one attached hydrogen (secondary N) is 2. The number of anilines is 1. The maximum atomic E-state index is 13.1. The van der Waals surface area contributed by atoms with E-state index in [4.69, 9.17) is 0 Å². The minimum absolute atomic E-state index is 0.0975. The maximum absolute atomic E-state index is 13.1. The van der Waals surface area contributed by atoms with Gasteiger partial charge in [0.2, 0.25) is 0 Å². The van der Waals surface area contributed by atoms with Crippen molar-refractivity contribution in [2.75, 3.05) is 11.6 Å². The van der Waals surface area contributed by atoms with E-state index in [1.54, 1.807) is 55.5 Å². The standard InChI is InChI=1S/C28H24N2O5S2/c1-18-27(36(2,32)33)26(20-11-7-4-8-12-20)25(29-18)16-23-22-15-21(13-14-24(22)30-28(23)31)37(34,35)17-19-9-5-3-6-10-19/h3-16,29H,17H2,1-2H3,(H,30,31). The summed E-state index contributed by atoms with van der Waals surface area (Å²) in [5.74, 6) is -0.571. The molecule has 2 heterocycles. The summed E-state index contributed by atoms with van der Waals surface area (Å²) in [6, 6.07) is 22.5. The molecule has 0 bridgehead atoms. The molecule has 0 radical (unpaired) electrons. The van der Waals surface area contributed by atoms with Crippen molar-refractivity contribution in [1.82, 2.24) is 4.98 Å². The molecule has 1 aliphatic heterocycles. The van der Waals surface area contributed by atoms with Crippen LogP contribution in [-0.4, -0.2) is 34.0 Å². The number of hydrogen-bond acceptors (Lipinski definition) is 5. The molecule has 0 saturated heterocycles. The Morgan fingerprint density at radius 2 is 1.51 bits per heavy atom. The second kappa shape index (κ2) is 9.17. The van der Waals surface area contributed by atoms with Gasteiger partial charge in [0.25, 0.3) is 5.91 Å². The van der Waals surface area contributed by atoms with Crippen molar-refractivity contribution in [2.45, 2.75) is 22.5 Å². The Balaban J connectivity index is 1.64. The minimum Gasteiger partial charge on any atom is -0.357 e. The largest absolute Gasteiger partial charge is 0.357 e. The first-order valence-electron chi connectivity index (χ1n) is 11.5.